The summed E-state index contributed by atoms with van der Waals surface area (Å²) in [4.78, 5) is 35.4. The average Bonchev–Trinajstić information content (AvgIpc) is 2.65. The Hall–Kier alpha value is -1.80. The van der Waals surface area contributed by atoms with Crippen LogP contribution in [0.5, 0.6) is 0 Å². The summed E-state index contributed by atoms with van der Waals surface area (Å²) in [6, 6.07) is 16.5. The molecule has 0 saturated heterocycles. The van der Waals surface area contributed by atoms with Gasteiger partial charge in [-0.2, -0.15) is 0 Å². The van der Waals surface area contributed by atoms with Crippen molar-refractivity contribution in [2.24, 2.45) is 0 Å². The van der Waals surface area contributed by atoms with Gasteiger partial charge in [0.2, 0.25) is 5.12 Å². The molecule has 0 aliphatic heterocycles. The van der Waals surface area contributed by atoms with E-state index in [9.17, 15) is 19.5 Å². The standard InChI is InChI=1S/C19H19NO5S.Na/c1-13(20-19(24)25-12-14-8-4-2-5-9-14)18(23)26-16(17(21)22)15-10-6-3-7-11-15;/h2-11,13,16H,12H2,1H3,(H,20,24)(H,21,22);/q;+1/p-1/t13-,16?;/m0./s1. The molecule has 2 aromatic carbocycles. The Kier molecular flexibility index (Phi) is 10.2. The van der Waals surface area contributed by atoms with Gasteiger partial charge in [-0.15, -0.1) is 0 Å². The Morgan fingerprint density at radius 1 is 1.04 bits per heavy atom. The van der Waals surface area contributed by atoms with Crippen molar-refractivity contribution in [2.45, 2.75) is 24.8 Å². The molecule has 0 radical (unpaired) electrons. The van der Waals surface area contributed by atoms with E-state index < -0.39 is 28.5 Å². The Labute approximate surface area is 184 Å². The van der Waals surface area contributed by atoms with E-state index in [2.05, 4.69) is 5.32 Å². The minimum atomic E-state index is -1.37. The molecule has 0 heterocycles. The largest absolute Gasteiger partial charge is 1.00 e. The van der Waals surface area contributed by atoms with Crippen molar-refractivity contribution in [3.8, 4) is 0 Å². The van der Waals surface area contributed by atoms with Gasteiger partial charge in [0.15, 0.2) is 0 Å². The molecule has 0 fully saturated rings. The number of carboxylic acid groups (broad SMARTS) is 1. The molecule has 2 rings (SSSR count). The predicted molar refractivity (Wildman–Crippen MR) is 96.0 cm³/mol. The molecule has 0 spiro atoms. The van der Waals surface area contributed by atoms with Crippen LogP contribution < -0.4 is 40.0 Å². The van der Waals surface area contributed by atoms with Crippen LogP contribution in [0.1, 0.15) is 23.3 Å². The van der Waals surface area contributed by atoms with Crippen LogP contribution in [0.4, 0.5) is 4.79 Å². The summed E-state index contributed by atoms with van der Waals surface area (Å²) >= 11 is 0.599. The van der Waals surface area contributed by atoms with Crippen LogP contribution in [0.25, 0.3) is 0 Å². The van der Waals surface area contributed by atoms with E-state index >= 15 is 0 Å². The minimum Gasteiger partial charge on any atom is -0.549 e. The van der Waals surface area contributed by atoms with Crippen LogP contribution in [-0.2, 0) is 20.9 Å². The van der Waals surface area contributed by atoms with Crippen molar-refractivity contribution in [1.29, 1.82) is 0 Å². The summed E-state index contributed by atoms with van der Waals surface area (Å²) < 4.78 is 5.05. The number of hydrogen-bond donors (Lipinski definition) is 1. The summed E-state index contributed by atoms with van der Waals surface area (Å²) in [5.74, 6) is -1.37. The second-order valence-corrected chi connectivity index (χ2v) is 6.58. The number of amides is 1. The first-order valence-electron chi connectivity index (χ1n) is 7.91. The summed E-state index contributed by atoms with van der Waals surface area (Å²) in [5.41, 5.74) is 1.27. The third kappa shape index (κ3) is 7.76. The number of benzene rings is 2. The maximum absolute atomic E-state index is 12.2. The van der Waals surface area contributed by atoms with Gasteiger partial charge in [-0.3, -0.25) is 4.79 Å². The summed E-state index contributed by atoms with van der Waals surface area (Å²) in [6.45, 7) is 1.54. The van der Waals surface area contributed by atoms with Crippen LogP contribution in [0, 0.1) is 0 Å². The van der Waals surface area contributed by atoms with E-state index in [1.54, 1.807) is 30.3 Å². The molecular weight excluding hydrogens is 377 g/mol. The predicted octanol–water partition coefficient (Wildman–Crippen LogP) is -0.944. The molecule has 0 aliphatic carbocycles. The van der Waals surface area contributed by atoms with Gasteiger partial charge in [0, 0.05) is 0 Å². The number of alkyl carbamates (subject to hydrolysis) is 1. The minimum absolute atomic E-state index is 0. The first-order valence-corrected chi connectivity index (χ1v) is 8.79. The molecule has 1 unspecified atom stereocenters. The first kappa shape index (κ1) is 23.2. The molecule has 2 aromatic rings. The van der Waals surface area contributed by atoms with Gasteiger partial charge in [-0.25, -0.2) is 4.79 Å². The normalized spacial score (nSPS) is 12.2. The molecule has 0 aliphatic rings. The van der Waals surface area contributed by atoms with E-state index in [4.69, 9.17) is 4.74 Å². The van der Waals surface area contributed by atoms with Crippen molar-refractivity contribution in [3.05, 3.63) is 71.8 Å². The Bertz CT molecular complexity index is 757. The zero-order valence-corrected chi connectivity index (χ0v) is 17.9. The maximum Gasteiger partial charge on any atom is 1.00 e. The molecule has 0 aromatic heterocycles. The van der Waals surface area contributed by atoms with E-state index in [-0.39, 0.29) is 36.2 Å². The fourth-order valence-electron chi connectivity index (χ4n) is 2.10. The zero-order valence-electron chi connectivity index (χ0n) is 15.1. The van der Waals surface area contributed by atoms with Crippen molar-refractivity contribution >= 4 is 28.9 Å². The van der Waals surface area contributed by atoms with E-state index in [0.717, 1.165) is 5.56 Å². The second kappa shape index (κ2) is 11.8. The van der Waals surface area contributed by atoms with Gasteiger partial charge in [-0.05, 0) is 18.1 Å². The van der Waals surface area contributed by atoms with Crippen LogP contribution in [0.2, 0.25) is 0 Å². The Morgan fingerprint density at radius 2 is 1.59 bits per heavy atom. The fraction of sp³-hybridized carbons (Fsp3) is 0.211. The summed E-state index contributed by atoms with van der Waals surface area (Å²) in [6.07, 6.45) is -0.750. The zero-order chi connectivity index (χ0) is 18.9. The monoisotopic (exact) mass is 395 g/mol. The number of aliphatic carboxylic acids is 1. The quantitative estimate of drug-likeness (QED) is 0.608. The second-order valence-electron chi connectivity index (χ2n) is 5.47. The number of thioether (sulfide) groups is 1. The van der Waals surface area contributed by atoms with Crippen molar-refractivity contribution < 1.29 is 53.8 Å². The molecule has 1 N–H and O–H groups in total. The Balaban J connectivity index is 0.00000364. The summed E-state index contributed by atoms with van der Waals surface area (Å²) in [5, 5.41) is 12.1. The molecule has 6 nitrogen and oxygen atoms in total. The SMILES string of the molecule is C[C@H](NC(=O)OCc1ccccc1)C(=O)SC(C(=O)[O-])c1ccccc1.[Na+]. The number of carboxylic acids is 1. The van der Waals surface area contributed by atoms with Gasteiger partial charge in [-0.1, -0.05) is 72.4 Å². The fourth-order valence-corrected chi connectivity index (χ4v) is 2.98. The number of ether oxygens (including phenoxy) is 1. The maximum atomic E-state index is 12.2. The van der Waals surface area contributed by atoms with E-state index in [1.165, 1.54) is 6.92 Å². The average molecular weight is 395 g/mol. The number of rotatable bonds is 7. The van der Waals surface area contributed by atoms with E-state index in [0.29, 0.717) is 17.3 Å². The van der Waals surface area contributed by atoms with Crippen LogP contribution in [0.3, 0.4) is 0 Å². The van der Waals surface area contributed by atoms with Gasteiger partial charge in [0.1, 0.15) is 6.61 Å². The number of hydrogen-bond acceptors (Lipinski definition) is 6. The van der Waals surface area contributed by atoms with Crippen molar-refractivity contribution in [2.75, 3.05) is 0 Å². The van der Waals surface area contributed by atoms with Crippen molar-refractivity contribution in [1.82, 2.24) is 5.32 Å². The molecule has 136 valence electrons. The summed E-state index contributed by atoms with van der Waals surface area (Å²) in [7, 11) is 0. The first-order chi connectivity index (χ1) is 12.5. The van der Waals surface area contributed by atoms with Gasteiger partial charge < -0.3 is 20.0 Å². The molecule has 0 saturated carbocycles. The number of nitrogens with one attached hydrogen (secondary N) is 1. The number of carbonyl (C=O) groups is 3. The van der Waals surface area contributed by atoms with Gasteiger partial charge in [0.25, 0.3) is 0 Å². The van der Waals surface area contributed by atoms with Crippen LogP contribution >= 0.6 is 11.8 Å². The molecular formula is C19H18NNaO5S. The molecule has 8 heteroatoms. The topological polar surface area (TPSA) is 95.5 Å². The molecule has 27 heavy (non-hydrogen) atoms. The third-order valence-corrected chi connectivity index (χ3v) is 4.74. The number of carbonyl (C=O) groups excluding carboxylic acids is 3. The van der Waals surface area contributed by atoms with E-state index in [1.807, 2.05) is 30.3 Å². The molecule has 2 atom stereocenters. The molecule has 1 amide bonds. The van der Waals surface area contributed by atoms with Crippen molar-refractivity contribution in [3.63, 3.8) is 0 Å². The van der Waals surface area contributed by atoms with Crippen LogP contribution in [0.15, 0.2) is 60.7 Å². The third-order valence-electron chi connectivity index (χ3n) is 3.45. The van der Waals surface area contributed by atoms with Gasteiger partial charge >= 0.3 is 35.7 Å². The smallest absolute Gasteiger partial charge is 0.549 e. The van der Waals surface area contributed by atoms with Gasteiger partial charge in [0.05, 0.1) is 17.3 Å². The van der Waals surface area contributed by atoms with Crippen LogP contribution in [-0.4, -0.2) is 23.2 Å². The Morgan fingerprint density at radius 3 is 2.15 bits per heavy atom. The molecule has 0 bridgehead atoms.